The van der Waals surface area contributed by atoms with Crippen LogP contribution in [0.5, 0.6) is 0 Å². The van der Waals surface area contributed by atoms with Gasteiger partial charge < -0.3 is 14.8 Å². The second-order valence-corrected chi connectivity index (χ2v) is 6.45. The average Bonchev–Trinajstić information content (AvgIpc) is 3.08. The molecule has 0 bridgehead atoms. The molecule has 2 N–H and O–H groups in total. The molecule has 1 aromatic carbocycles. The molecule has 1 aromatic heterocycles. The van der Waals surface area contributed by atoms with Crippen LogP contribution >= 0.6 is 0 Å². The van der Waals surface area contributed by atoms with Crippen LogP contribution < -0.4 is 0 Å². The molecule has 3 rings (SSSR count). The number of imidazole rings is 1. The Hall–Kier alpha value is -2.96. The smallest absolute Gasteiger partial charge is 0.305 e. The van der Waals surface area contributed by atoms with Crippen molar-refractivity contribution in [3.8, 4) is 0 Å². The first-order chi connectivity index (χ1) is 13.1. The summed E-state index contributed by atoms with van der Waals surface area (Å²) < 4.78 is 4.58. The number of aliphatic hydroxyl groups excluding tert-OH is 1. The third-order valence-corrected chi connectivity index (χ3v) is 4.56. The molecule has 0 unspecified atom stereocenters. The van der Waals surface area contributed by atoms with Gasteiger partial charge in [0.05, 0.1) is 30.1 Å². The van der Waals surface area contributed by atoms with E-state index < -0.39 is 5.97 Å². The topological polar surface area (TPSA) is 105 Å². The Morgan fingerprint density at radius 2 is 2.11 bits per heavy atom. The van der Waals surface area contributed by atoms with Gasteiger partial charge in [0.1, 0.15) is 11.6 Å². The maximum absolute atomic E-state index is 12.3. The van der Waals surface area contributed by atoms with Gasteiger partial charge in [-0.3, -0.25) is 14.6 Å². The van der Waals surface area contributed by atoms with Crippen LogP contribution in [0.2, 0.25) is 0 Å². The second kappa shape index (κ2) is 8.62. The molecule has 2 aromatic rings. The van der Waals surface area contributed by atoms with E-state index in [9.17, 15) is 14.7 Å². The molecule has 0 saturated heterocycles. The molecule has 1 aliphatic carbocycles. The Kier molecular flexibility index (Phi) is 6.01. The number of rotatable bonds is 6. The largest absolute Gasteiger partial charge is 0.511 e. The first-order valence-corrected chi connectivity index (χ1v) is 9.08. The monoisotopic (exact) mass is 369 g/mol. The van der Waals surface area contributed by atoms with Crippen molar-refractivity contribution in [1.82, 2.24) is 9.97 Å². The van der Waals surface area contributed by atoms with Crippen LogP contribution in [0.3, 0.4) is 0 Å². The van der Waals surface area contributed by atoms with E-state index >= 15 is 0 Å². The van der Waals surface area contributed by atoms with E-state index in [1.165, 1.54) is 7.11 Å². The number of aromatic nitrogens is 2. The fraction of sp³-hybridized carbons (Fsp3) is 0.400. The van der Waals surface area contributed by atoms with Gasteiger partial charge in [0.2, 0.25) is 0 Å². The maximum Gasteiger partial charge on any atom is 0.305 e. The highest BCUT2D eigenvalue weighted by atomic mass is 16.5. The van der Waals surface area contributed by atoms with Gasteiger partial charge in [-0.05, 0) is 25.0 Å². The number of carbonyl (C=O) groups is 2. The molecule has 142 valence electrons. The third-order valence-electron chi connectivity index (χ3n) is 4.56. The van der Waals surface area contributed by atoms with Crippen LogP contribution in [0.25, 0.3) is 11.0 Å². The number of carbonyl (C=O) groups excluding carboxylic acids is 2. The van der Waals surface area contributed by atoms with Crippen LogP contribution in [0.1, 0.15) is 37.9 Å². The normalized spacial score (nSPS) is 18.1. The number of esters is 1. The molecular formula is C20H23N3O4. The number of para-hydroxylation sites is 2. The number of aromatic amines is 1. The van der Waals surface area contributed by atoms with Crippen molar-refractivity contribution < 1.29 is 19.4 Å². The van der Waals surface area contributed by atoms with Crippen molar-refractivity contribution in [3.05, 3.63) is 41.4 Å². The Morgan fingerprint density at radius 1 is 1.30 bits per heavy atom. The van der Waals surface area contributed by atoms with Crippen LogP contribution in [-0.4, -0.2) is 46.2 Å². The minimum absolute atomic E-state index is 0.0331. The quantitative estimate of drug-likeness (QED) is 0.462. The number of hydrogen-bond acceptors (Lipinski definition) is 6. The number of H-pyrrole nitrogens is 1. The van der Waals surface area contributed by atoms with Gasteiger partial charge in [-0.15, -0.1) is 0 Å². The summed E-state index contributed by atoms with van der Waals surface area (Å²) in [6.07, 6.45) is 2.48. The van der Waals surface area contributed by atoms with Crippen molar-refractivity contribution in [1.29, 1.82) is 0 Å². The molecular weight excluding hydrogens is 346 g/mol. The summed E-state index contributed by atoms with van der Waals surface area (Å²) in [5.74, 6) is 0.218. The maximum atomic E-state index is 12.3. The van der Waals surface area contributed by atoms with Gasteiger partial charge in [-0.1, -0.05) is 12.1 Å². The molecule has 0 spiro atoms. The van der Waals surface area contributed by atoms with Crippen molar-refractivity contribution in [2.75, 3.05) is 13.7 Å². The SMILES string of the molecule is COC(=O)CCC(O)=C1C(=O)CCCC1=NCCc1nc2ccccc2[nH]1. The number of benzene rings is 1. The molecule has 0 aliphatic heterocycles. The van der Waals surface area contributed by atoms with E-state index in [2.05, 4.69) is 19.7 Å². The highest BCUT2D eigenvalue weighted by molar-refractivity contribution is 6.24. The number of nitrogens with one attached hydrogen (secondary N) is 1. The summed E-state index contributed by atoms with van der Waals surface area (Å²) in [5, 5.41) is 10.3. The van der Waals surface area contributed by atoms with E-state index in [0.29, 0.717) is 31.5 Å². The first-order valence-electron chi connectivity index (χ1n) is 9.08. The van der Waals surface area contributed by atoms with Gasteiger partial charge in [0.25, 0.3) is 0 Å². The summed E-state index contributed by atoms with van der Waals surface area (Å²) in [6, 6.07) is 7.81. The van der Waals surface area contributed by atoms with Crippen molar-refractivity contribution in [3.63, 3.8) is 0 Å². The third kappa shape index (κ3) is 4.61. The predicted octanol–water partition coefficient (Wildman–Crippen LogP) is 3.06. The fourth-order valence-corrected chi connectivity index (χ4v) is 3.18. The zero-order chi connectivity index (χ0) is 19.2. The summed E-state index contributed by atoms with van der Waals surface area (Å²) in [7, 11) is 1.29. The fourth-order valence-electron chi connectivity index (χ4n) is 3.18. The van der Waals surface area contributed by atoms with Crippen molar-refractivity contribution in [2.24, 2.45) is 4.99 Å². The lowest BCUT2D eigenvalue weighted by Gasteiger charge is -2.17. The van der Waals surface area contributed by atoms with E-state index in [-0.39, 0.29) is 30.0 Å². The summed E-state index contributed by atoms with van der Waals surface area (Å²) >= 11 is 0. The lowest BCUT2D eigenvalue weighted by Crippen LogP contribution is -2.22. The number of allylic oxidation sites excluding steroid dienone is 2. The molecule has 7 nitrogen and oxygen atoms in total. The van der Waals surface area contributed by atoms with E-state index in [1.54, 1.807) is 0 Å². The number of ether oxygens (including phenoxy) is 1. The number of hydrogen-bond donors (Lipinski definition) is 2. The average molecular weight is 369 g/mol. The van der Waals surface area contributed by atoms with Gasteiger partial charge in [-0.25, -0.2) is 4.98 Å². The Morgan fingerprint density at radius 3 is 2.89 bits per heavy atom. The van der Waals surface area contributed by atoms with Gasteiger partial charge in [0, 0.05) is 31.5 Å². The van der Waals surface area contributed by atoms with Crippen molar-refractivity contribution in [2.45, 2.75) is 38.5 Å². The number of fused-ring (bicyclic) bond motifs is 1. The first kappa shape index (κ1) is 18.8. The molecule has 7 heteroatoms. The molecule has 0 atom stereocenters. The van der Waals surface area contributed by atoms with Crippen LogP contribution in [0.4, 0.5) is 0 Å². The lowest BCUT2D eigenvalue weighted by atomic mass is 9.89. The standard InChI is InChI=1S/C20H23N3O4/c1-27-19(26)10-9-17(25)20-15(7-4-8-16(20)24)21-12-11-18-22-13-5-2-3-6-14(13)23-18/h2-3,5-6,25H,4,7-12H2,1H3,(H,22,23). The van der Waals surface area contributed by atoms with Crippen LogP contribution in [0, 0.1) is 0 Å². The predicted molar refractivity (Wildman–Crippen MR) is 102 cm³/mol. The highest BCUT2D eigenvalue weighted by Crippen LogP contribution is 2.23. The minimum atomic E-state index is -0.422. The number of aliphatic imine (C=N–C) groups is 1. The molecule has 1 saturated carbocycles. The molecule has 1 heterocycles. The number of aliphatic hydroxyl groups is 1. The molecule has 1 aliphatic rings. The summed E-state index contributed by atoms with van der Waals surface area (Å²) in [6.45, 7) is 0.468. The molecule has 27 heavy (non-hydrogen) atoms. The second-order valence-electron chi connectivity index (χ2n) is 6.45. The van der Waals surface area contributed by atoms with Gasteiger partial charge in [0.15, 0.2) is 5.78 Å². The Balaban J connectivity index is 1.71. The lowest BCUT2D eigenvalue weighted by molar-refractivity contribution is -0.140. The minimum Gasteiger partial charge on any atom is -0.511 e. The molecule has 0 amide bonds. The van der Waals surface area contributed by atoms with E-state index in [0.717, 1.165) is 23.3 Å². The number of methoxy groups -OCH3 is 1. The van der Waals surface area contributed by atoms with Crippen LogP contribution in [-0.2, 0) is 20.7 Å². The van der Waals surface area contributed by atoms with E-state index in [4.69, 9.17) is 0 Å². The van der Waals surface area contributed by atoms with Crippen LogP contribution in [0.15, 0.2) is 40.6 Å². The summed E-state index contributed by atoms with van der Waals surface area (Å²) in [4.78, 5) is 35.9. The number of nitrogens with zero attached hydrogens (tertiary/aromatic N) is 2. The van der Waals surface area contributed by atoms with Gasteiger partial charge in [-0.2, -0.15) is 0 Å². The zero-order valence-electron chi connectivity index (χ0n) is 15.3. The van der Waals surface area contributed by atoms with Crippen molar-refractivity contribution >= 4 is 28.5 Å². The highest BCUT2D eigenvalue weighted by Gasteiger charge is 2.25. The van der Waals surface area contributed by atoms with Gasteiger partial charge >= 0.3 is 5.97 Å². The zero-order valence-corrected chi connectivity index (χ0v) is 15.3. The molecule has 0 radical (unpaired) electrons. The Bertz CT molecular complexity index is 878. The summed E-state index contributed by atoms with van der Waals surface area (Å²) in [5.41, 5.74) is 2.78. The van der Waals surface area contributed by atoms with E-state index in [1.807, 2.05) is 24.3 Å². The number of Topliss-reactive ketones (excluding diaryl/α,β-unsaturated/α-hetero) is 1. The number of ketones is 1. The molecule has 1 fully saturated rings. The Labute approximate surface area is 157 Å².